The van der Waals surface area contributed by atoms with Crippen LogP contribution in [0, 0.1) is 0 Å². The van der Waals surface area contributed by atoms with Gasteiger partial charge in [-0.15, -0.1) is 0 Å². The van der Waals surface area contributed by atoms with Gasteiger partial charge in [0.15, 0.2) is 0 Å². The summed E-state index contributed by atoms with van der Waals surface area (Å²) in [7, 11) is 0. The van der Waals surface area contributed by atoms with Gasteiger partial charge in [-0.05, 0) is 11.6 Å². The molecule has 1 heterocycles. The maximum atomic E-state index is 11.3. The third kappa shape index (κ3) is 2.28. The Kier molecular flexibility index (Phi) is 3.38. The third-order valence-electron chi connectivity index (χ3n) is 2.70. The van der Waals surface area contributed by atoms with E-state index >= 15 is 0 Å². The lowest BCUT2D eigenvalue weighted by atomic mass is 10.1. The number of hydrogen-bond acceptors (Lipinski definition) is 5. The molecule has 17 heavy (non-hydrogen) atoms. The molecule has 0 unspecified atom stereocenters. The van der Waals surface area contributed by atoms with E-state index in [0.717, 1.165) is 16.5 Å². The predicted molar refractivity (Wildman–Crippen MR) is 63.4 cm³/mol. The number of nitrogens with two attached hydrogens (primary N) is 2. The van der Waals surface area contributed by atoms with Crippen molar-refractivity contribution in [1.29, 1.82) is 0 Å². The van der Waals surface area contributed by atoms with E-state index in [-0.39, 0.29) is 0 Å². The highest BCUT2D eigenvalue weighted by molar-refractivity contribution is 5.84. The molecule has 0 aliphatic rings. The van der Waals surface area contributed by atoms with E-state index in [2.05, 4.69) is 15.2 Å². The molecule has 1 atom stereocenters. The second kappa shape index (κ2) is 4.96. The van der Waals surface area contributed by atoms with Gasteiger partial charge in [0, 0.05) is 23.5 Å². The Bertz CT molecular complexity index is 523. The number of carbonyl (C=O) groups excluding carboxylic acids is 1. The van der Waals surface area contributed by atoms with Crippen LogP contribution in [-0.4, -0.2) is 17.0 Å². The fraction of sp³-hybridized carbons (Fsp3) is 0.182. The SMILES string of the molecule is NN[C@@H](Cc1c[nH]c2ccccc12)C(=O)ON. The highest BCUT2D eigenvalue weighted by atomic mass is 16.7. The Labute approximate surface area is 97.8 Å². The molecule has 1 aromatic heterocycles. The van der Waals surface area contributed by atoms with Gasteiger partial charge in [-0.3, -0.25) is 5.84 Å². The number of aromatic amines is 1. The molecule has 90 valence electrons. The van der Waals surface area contributed by atoms with Crippen LogP contribution in [0.4, 0.5) is 0 Å². The lowest BCUT2D eigenvalue weighted by Gasteiger charge is -2.11. The average molecular weight is 234 g/mol. The van der Waals surface area contributed by atoms with Gasteiger partial charge < -0.3 is 9.82 Å². The number of carbonyl (C=O) groups is 1. The first-order valence-corrected chi connectivity index (χ1v) is 5.18. The summed E-state index contributed by atoms with van der Waals surface area (Å²) in [6.07, 6.45) is 2.26. The van der Waals surface area contributed by atoms with Crippen LogP contribution in [0.1, 0.15) is 5.56 Å². The number of hydrazine groups is 1. The molecule has 2 rings (SSSR count). The molecule has 0 bridgehead atoms. The Hall–Kier alpha value is -1.89. The Morgan fingerprint density at radius 1 is 1.47 bits per heavy atom. The van der Waals surface area contributed by atoms with Crippen molar-refractivity contribution in [3.05, 3.63) is 36.0 Å². The van der Waals surface area contributed by atoms with Gasteiger partial charge in [0.1, 0.15) is 6.04 Å². The summed E-state index contributed by atoms with van der Waals surface area (Å²) in [5.74, 6) is 9.55. The van der Waals surface area contributed by atoms with Crippen molar-refractivity contribution < 1.29 is 9.63 Å². The highest BCUT2D eigenvalue weighted by Gasteiger charge is 2.19. The van der Waals surface area contributed by atoms with E-state index < -0.39 is 12.0 Å². The number of H-pyrrole nitrogens is 1. The molecular formula is C11H14N4O2. The van der Waals surface area contributed by atoms with Crippen molar-refractivity contribution in [3.8, 4) is 0 Å². The number of fused-ring (bicyclic) bond motifs is 1. The number of aromatic nitrogens is 1. The molecule has 6 nitrogen and oxygen atoms in total. The van der Waals surface area contributed by atoms with Crippen LogP contribution in [0.15, 0.2) is 30.5 Å². The maximum absolute atomic E-state index is 11.3. The number of rotatable bonds is 4. The molecule has 0 spiro atoms. The number of para-hydroxylation sites is 1. The van der Waals surface area contributed by atoms with Crippen LogP contribution in [0.5, 0.6) is 0 Å². The van der Waals surface area contributed by atoms with Gasteiger partial charge in [-0.1, -0.05) is 18.2 Å². The van der Waals surface area contributed by atoms with E-state index in [0.29, 0.717) is 6.42 Å². The summed E-state index contributed by atoms with van der Waals surface area (Å²) < 4.78 is 0. The standard InChI is InChI=1S/C11H14N4O2/c12-15-10(11(16)17-13)5-7-6-14-9-4-2-1-3-8(7)9/h1-4,6,10,14-15H,5,12-13H2/t10-/m0/s1. The largest absolute Gasteiger partial charge is 0.372 e. The van der Waals surface area contributed by atoms with Gasteiger partial charge >= 0.3 is 5.97 Å². The van der Waals surface area contributed by atoms with Crippen LogP contribution < -0.4 is 17.2 Å². The average Bonchev–Trinajstić information content (AvgIpc) is 2.78. The van der Waals surface area contributed by atoms with Crippen LogP contribution in [0.3, 0.4) is 0 Å². The summed E-state index contributed by atoms with van der Waals surface area (Å²) in [5, 5.41) is 1.05. The van der Waals surface area contributed by atoms with Gasteiger partial charge in [0.05, 0.1) is 0 Å². The Balaban J connectivity index is 2.25. The molecule has 6 heteroatoms. The molecule has 0 saturated heterocycles. The number of nitrogens with one attached hydrogen (secondary N) is 2. The van der Waals surface area contributed by atoms with Gasteiger partial charge in [-0.2, -0.15) is 5.90 Å². The van der Waals surface area contributed by atoms with E-state index in [1.54, 1.807) is 0 Å². The van der Waals surface area contributed by atoms with E-state index in [4.69, 9.17) is 11.7 Å². The van der Waals surface area contributed by atoms with Crippen molar-refractivity contribution in [2.24, 2.45) is 11.7 Å². The molecule has 0 saturated carbocycles. The second-order valence-corrected chi connectivity index (χ2v) is 3.72. The van der Waals surface area contributed by atoms with Gasteiger partial charge in [0.25, 0.3) is 0 Å². The topological polar surface area (TPSA) is 106 Å². The van der Waals surface area contributed by atoms with Crippen LogP contribution in [0.25, 0.3) is 10.9 Å². The zero-order chi connectivity index (χ0) is 12.3. The monoisotopic (exact) mass is 234 g/mol. The van der Waals surface area contributed by atoms with E-state index in [1.807, 2.05) is 30.5 Å². The maximum Gasteiger partial charge on any atom is 0.343 e. The molecule has 2 aromatic rings. The van der Waals surface area contributed by atoms with Crippen LogP contribution >= 0.6 is 0 Å². The zero-order valence-electron chi connectivity index (χ0n) is 9.14. The summed E-state index contributed by atoms with van der Waals surface area (Å²) in [4.78, 5) is 18.6. The van der Waals surface area contributed by atoms with Crippen LogP contribution in [-0.2, 0) is 16.1 Å². The highest BCUT2D eigenvalue weighted by Crippen LogP contribution is 2.19. The summed E-state index contributed by atoms with van der Waals surface area (Å²) in [5.41, 5.74) is 4.38. The number of hydrogen-bond donors (Lipinski definition) is 4. The van der Waals surface area contributed by atoms with Gasteiger partial charge in [0.2, 0.25) is 0 Å². The fourth-order valence-electron chi connectivity index (χ4n) is 1.81. The molecular weight excluding hydrogens is 220 g/mol. The molecule has 0 aliphatic heterocycles. The lowest BCUT2D eigenvalue weighted by Crippen LogP contribution is -2.44. The summed E-state index contributed by atoms with van der Waals surface area (Å²) >= 11 is 0. The first-order valence-electron chi connectivity index (χ1n) is 5.18. The molecule has 0 fully saturated rings. The lowest BCUT2D eigenvalue weighted by molar-refractivity contribution is -0.146. The molecule has 6 N–H and O–H groups in total. The minimum atomic E-state index is -0.654. The van der Waals surface area contributed by atoms with E-state index in [9.17, 15) is 4.79 Å². The van der Waals surface area contributed by atoms with Crippen molar-refractivity contribution in [2.45, 2.75) is 12.5 Å². The zero-order valence-corrected chi connectivity index (χ0v) is 9.14. The smallest absolute Gasteiger partial charge is 0.343 e. The molecule has 0 aliphatic carbocycles. The van der Waals surface area contributed by atoms with Gasteiger partial charge in [-0.25, -0.2) is 10.2 Å². The fourth-order valence-corrected chi connectivity index (χ4v) is 1.81. The minimum Gasteiger partial charge on any atom is -0.372 e. The quantitative estimate of drug-likeness (QED) is 0.438. The molecule has 0 radical (unpaired) electrons. The molecule has 1 aromatic carbocycles. The van der Waals surface area contributed by atoms with Crippen molar-refractivity contribution in [3.63, 3.8) is 0 Å². The van der Waals surface area contributed by atoms with Crippen molar-refractivity contribution >= 4 is 16.9 Å². The number of benzene rings is 1. The first-order chi connectivity index (χ1) is 8.26. The summed E-state index contributed by atoms with van der Waals surface area (Å²) in [6, 6.07) is 7.16. The van der Waals surface area contributed by atoms with Crippen LogP contribution in [0.2, 0.25) is 0 Å². The molecule has 0 amide bonds. The Morgan fingerprint density at radius 3 is 2.94 bits per heavy atom. The minimum absolute atomic E-state index is 0.413. The van der Waals surface area contributed by atoms with Crippen molar-refractivity contribution in [2.75, 3.05) is 0 Å². The third-order valence-corrected chi connectivity index (χ3v) is 2.70. The van der Waals surface area contributed by atoms with E-state index in [1.165, 1.54) is 0 Å². The predicted octanol–water partition coefficient (Wildman–Crippen LogP) is -0.0408. The second-order valence-electron chi connectivity index (χ2n) is 3.72. The Morgan fingerprint density at radius 2 is 2.24 bits per heavy atom. The summed E-state index contributed by atoms with van der Waals surface area (Å²) in [6.45, 7) is 0. The normalized spacial score (nSPS) is 12.6. The first kappa shape index (κ1) is 11.6. The van der Waals surface area contributed by atoms with Crippen molar-refractivity contribution in [1.82, 2.24) is 10.4 Å².